The third kappa shape index (κ3) is 6.94. The standard InChI is InChI=1S/C27H26F3N3O3/c1-2-15-33(17-23(34)31-21-14-13-20(28)25(29)26(21)30)24(35)16-22(18-9-5-3-6-10-18)32-27(36)19-11-7-4-8-12-19/h3-14,22H,2,15-17H2,1H3,(H,31,34)(H,32,36). The van der Waals surface area contributed by atoms with E-state index in [1.54, 1.807) is 54.6 Å². The number of nitrogens with zero attached hydrogens (tertiary/aromatic N) is 1. The van der Waals surface area contributed by atoms with Crippen molar-refractivity contribution in [3.8, 4) is 0 Å². The predicted octanol–water partition coefficient (Wildman–Crippen LogP) is 4.84. The van der Waals surface area contributed by atoms with Gasteiger partial charge in [0.05, 0.1) is 24.7 Å². The minimum atomic E-state index is -1.70. The van der Waals surface area contributed by atoms with Crippen molar-refractivity contribution >= 4 is 23.4 Å². The zero-order chi connectivity index (χ0) is 26.1. The molecule has 1 unspecified atom stereocenters. The molecular weight excluding hydrogens is 471 g/mol. The SMILES string of the molecule is CCCN(CC(=O)Nc1ccc(F)c(F)c1F)C(=O)CC(NC(=O)c1ccccc1)c1ccccc1. The molecule has 3 aromatic rings. The van der Waals surface area contributed by atoms with Gasteiger partial charge in [-0.2, -0.15) is 0 Å². The zero-order valence-corrected chi connectivity index (χ0v) is 19.6. The van der Waals surface area contributed by atoms with E-state index >= 15 is 0 Å². The molecule has 0 bridgehead atoms. The first-order valence-electron chi connectivity index (χ1n) is 11.4. The van der Waals surface area contributed by atoms with Crippen molar-refractivity contribution in [3.05, 3.63) is 101 Å². The average Bonchev–Trinajstić information content (AvgIpc) is 2.89. The monoisotopic (exact) mass is 497 g/mol. The molecule has 0 aliphatic heterocycles. The molecule has 9 heteroatoms. The van der Waals surface area contributed by atoms with Gasteiger partial charge in [0.1, 0.15) is 0 Å². The number of amides is 3. The Bertz CT molecular complexity index is 1210. The highest BCUT2D eigenvalue weighted by molar-refractivity contribution is 5.96. The first-order valence-corrected chi connectivity index (χ1v) is 11.4. The van der Waals surface area contributed by atoms with E-state index in [0.717, 1.165) is 6.07 Å². The molecule has 0 heterocycles. The van der Waals surface area contributed by atoms with E-state index in [4.69, 9.17) is 0 Å². The Morgan fingerprint density at radius 3 is 2.14 bits per heavy atom. The molecule has 0 spiro atoms. The summed E-state index contributed by atoms with van der Waals surface area (Å²) in [4.78, 5) is 39.8. The van der Waals surface area contributed by atoms with Gasteiger partial charge in [-0.1, -0.05) is 55.5 Å². The number of hydrogen-bond donors (Lipinski definition) is 2. The summed E-state index contributed by atoms with van der Waals surface area (Å²) in [7, 11) is 0. The van der Waals surface area contributed by atoms with Crippen LogP contribution in [0.3, 0.4) is 0 Å². The van der Waals surface area contributed by atoms with Crippen LogP contribution in [-0.4, -0.2) is 35.7 Å². The van der Waals surface area contributed by atoms with Crippen molar-refractivity contribution in [1.82, 2.24) is 10.2 Å². The van der Waals surface area contributed by atoms with E-state index in [1.807, 2.05) is 13.0 Å². The van der Waals surface area contributed by atoms with Crippen molar-refractivity contribution in [2.24, 2.45) is 0 Å². The summed E-state index contributed by atoms with van der Waals surface area (Å²) >= 11 is 0. The summed E-state index contributed by atoms with van der Waals surface area (Å²) in [6, 6.07) is 18.4. The van der Waals surface area contributed by atoms with E-state index in [-0.39, 0.29) is 18.9 Å². The number of anilines is 1. The number of halogens is 3. The van der Waals surface area contributed by atoms with Gasteiger partial charge in [0.2, 0.25) is 11.8 Å². The fraction of sp³-hybridized carbons (Fsp3) is 0.222. The van der Waals surface area contributed by atoms with Gasteiger partial charge in [-0.05, 0) is 36.2 Å². The second-order valence-electron chi connectivity index (χ2n) is 8.09. The van der Waals surface area contributed by atoms with Crippen molar-refractivity contribution in [2.75, 3.05) is 18.4 Å². The van der Waals surface area contributed by atoms with Crippen LogP contribution in [0, 0.1) is 17.5 Å². The van der Waals surface area contributed by atoms with Gasteiger partial charge < -0.3 is 15.5 Å². The van der Waals surface area contributed by atoms with E-state index < -0.39 is 47.5 Å². The third-order valence-corrected chi connectivity index (χ3v) is 5.41. The summed E-state index contributed by atoms with van der Waals surface area (Å²) in [6.45, 7) is 1.61. The largest absolute Gasteiger partial charge is 0.345 e. The fourth-order valence-electron chi connectivity index (χ4n) is 3.62. The van der Waals surface area contributed by atoms with E-state index in [2.05, 4.69) is 10.6 Å². The van der Waals surface area contributed by atoms with Crippen LogP contribution in [0.4, 0.5) is 18.9 Å². The van der Waals surface area contributed by atoms with Crippen LogP contribution < -0.4 is 10.6 Å². The molecule has 6 nitrogen and oxygen atoms in total. The smallest absolute Gasteiger partial charge is 0.251 e. The molecule has 3 amide bonds. The molecule has 3 aromatic carbocycles. The van der Waals surface area contributed by atoms with Crippen molar-refractivity contribution in [3.63, 3.8) is 0 Å². The predicted molar refractivity (Wildman–Crippen MR) is 130 cm³/mol. The molecule has 0 aliphatic carbocycles. The molecule has 2 N–H and O–H groups in total. The lowest BCUT2D eigenvalue weighted by molar-refractivity contribution is -0.135. The minimum Gasteiger partial charge on any atom is -0.345 e. The molecule has 0 saturated carbocycles. The molecule has 0 saturated heterocycles. The lowest BCUT2D eigenvalue weighted by Gasteiger charge is -2.25. The summed E-state index contributed by atoms with van der Waals surface area (Å²) < 4.78 is 40.6. The van der Waals surface area contributed by atoms with Crippen molar-refractivity contribution in [1.29, 1.82) is 0 Å². The number of hydrogen-bond acceptors (Lipinski definition) is 3. The van der Waals surface area contributed by atoms with Crippen molar-refractivity contribution < 1.29 is 27.6 Å². The molecule has 0 fully saturated rings. The summed E-state index contributed by atoms with van der Waals surface area (Å²) in [5.41, 5.74) is 0.615. The van der Waals surface area contributed by atoms with Crippen LogP contribution in [0.25, 0.3) is 0 Å². The number of carbonyl (C=O) groups excluding carboxylic acids is 3. The van der Waals surface area contributed by atoms with Gasteiger partial charge in [0, 0.05) is 12.1 Å². The maximum absolute atomic E-state index is 13.9. The average molecular weight is 498 g/mol. The number of carbonyl (C=O) groups is 3. The fourth-order valence-corrected chi connectivity index (χ4v) is 3.62. The maximum Gasteiger partial charge on any atom is 0.251 e. The normalized spacial score (nSPS) is 11.4. The quantitative estimate of drug-likeness (QED) is 0.394. The summed E-state index contributed by atoms with van der Waals surface area (Å²) in [5, 5.41) is 5.05. The molecule has 36 heavy (non-hydrogen) atoms. The Balaban J connectivity index is 1.73. The van der Waals surface area contributed by atoms with E-state index in [1.165, 1.54) is 4.90 Å². The molecule has 0 aromatic heterocycles. The van der Waals surface area contributed by atoms with Gasteiger partial charge in [-0.25, -0.2) is 13.2 Å². The molecular formula is C27H26F3N3O3. The topological polar surface area (TPSA) is 78.5 Å². The second-order valence-corrected chi connectivity index (χ2v) is 8.09. The Kier molecular flexibility index (Phi) is 9.21. The molecule has 3 rings (SSSR count). The Morgan fingerprint density at radius 1 is 0.861 bits per heavy atom. The number of rotatable bonds is 10. The van der Waals surface area contributed by atoms with Crippen LogP contribution in [0.1, 0.15) is 41.7 Å². The van der Waals surface area contributed by atoms with E-state index in [9.17, 15) is 27.6 Å². The van der Waals surface area contributed by atoms with Gasteiger partial charge in [-0.3, -0.25) is 14.4 Å². The molecule has 1 atom stereocenters. The molecule has 0 aliphatic rings. The number of nitrogens with one attached hydrogen (secondary N) is 2. The minimum absolute atomic E-state index is 0.130. The lowest BCUT2D eigenvalue weighted by atomic mass is 10.0. The highest BCUT2D eigenvalue weighted by Gasteiger charge is 2.24. The van der Waals surface area contributed by atoms with Crippen LogP contribution >= 0.6 is 0 Å². The Labute approximate surface area is 207 Å². The first kappa shape index (κ1) is 26.5. The van der Waals surface area contributed by atoms with Gasteiger partial charge in [0.15, 0.2) is 17.5 Å². The van der Waals surface area contributed by atoms with Crippen LogP contribution in [0.2, 0.25) is 0 Å². The van der Waals surface area contributed by atoms with Gasteiger partial charge >= 0.3 is 0 Å². The van der Waals surface area contributed by atoms with Crippen molar-refractivity contribution in [2.45, 2.75) is 25.8 Å². The maximum atomic E-state index is 13.9. The van der Waals surface area contributed by atoms with Crippen LogP contribution in [-0.2, 0) is 9.59 Å². The Morgan fingerprint density at radius 2 is 1.50 bits per heavy atom. The lowest BCUT2D eigenvalue weighted by Crippen LogP contribution is -2.41. The molecule has 188 valence electrons. The number of benzene rings is 3. The van der Waals surface area contributed by atoms with Gasteiger partial charge in [-0.15, -0.1) is 0 Å². The van der Waals surface area contributed by atoms with E-state index in [0.29, 0.717) is 23.6 Å². The Hall–Kier alpha value is -4.14. The van der Waals surface area contributed by atoms with Crippen LogP contribution in [0.15, 0.2) is 72.8 Å². The molecule has 0 radical (unpaired) electrons. The second kappa shape index (κ2) is 12.5. The summed E-state index contributed by atoms with van der Waals surface area (Å²) in [6.07, 6.45) is 0.403. The van der Waals surface area contributed by atoms with Gasteiger partial charge in [0.25, 0.3) is 5.91 Å². The highest BCUT2D eigenvalue weighted by Crippen LogP contribution is 2.21. The first-order chi connectivity index (χ1) is 17.3. The third-order valence-electron chi connectivity index (χ3n) is 5.41. The zero-order valence-electron chi connectivity index (χ0n) is 19.6. The highest BCUT2D eigenvalue weighted by atomic mass is 19.2. The van der Waals surface area contributed by atoms with Crippen LogP contribution in [0.5, 0.6) is 0 Å². The summed E-state index contributed by atoms with van der Waals surface area (Å²) in [5.74, 6) is -6.14.